The number of likely N-dealkylation sites (tertiary alicyclic amines) is 1. The highest BCUT2D eigenvalue weighted by atomic mass is 16.5. The van der Waals surface area contributed by atoms with E-state index < -0.39 is 0 Å². The standard InChI is InChI=1S/C11H18N2O2.C5H12O/c14-8-12-6-10-11(7-12)15-4-3-13(10)5-9-1-2-9;1-5(2,3)6-4/h8-11H,1-7H2;1-4H3. The lowest BCUT2D eigenvalue weighted by atomic mass is 10.1. The zero-order valence-corrected chi connectivity index (χ0v) is 13.9. The second kappa shape index (κ2) is 7.07. The molecule has 0 aromatic rings. The van der Waals surface area contributed by atoms with Crippen LogP contribution in [0.3, 0.4) is 0 Å². The minimum atomic E-state index is 0.0417. The number of nitrogens with zero attached hydrogens (tertiary/aromatic N) is 2. The number of amides is 1. The normalized spacial score (nSPS) is 29.6. The Bertz CT molecular complexity index is 339. The van der Waals surface area contributed by atoms with E-state index in [0.717, 1.165) is 38.6 Å². The second-order valence-corrected chi connectivity index (χ2v) is 7.29. The van der Waals surface area contributed by atoms with E-state index in [-0.39, 0.29) is 11.7 Å². The van der Waals surface area contributed by atoms with Crippen LogP contribution in [0.15, 0.2) is 0 Å². The molecule has 1 aliphatic carbocycles. The smallest absolute Gasteiger partial charge is 0.209 e. The van der Waals surface area contributed by atoms with Crippen LogP contribution >= 0.6 is 0 Å². The third-order valence-electron chi connectivity index (χ3n) is 4.40. The monoisotopic (exact) mass is 298 g/mol. The van der Waals surface area contributed by atoms with Gasteiger partial charge in [0.2, 0.25) is 6.41 Å². The first kappa shape index (κ1) is 16.7. The van der Waals surface area contributed by atoms with E-state index in [2.05, 4.69) is 4.90 Å². The minimum Gasteiger partial charge on any atom is -0.379 e. The van der Waals surface area contributed by atoms with Crippen LogP contribution in [0.5, 0.6) is 0 Å². The summed E-state index contributed by atoms with van der Waals surface area (Å²) in [6.07, 6.45) is 4.01. The molecule has 2 aliphatic heterocycles. The van der Waals surface area contributed by atoms with Gasteiger partial charge in [0.1, 0.15) is 0 Å². The number of rotatable bonds is 3. The lowest BCUT2D eigenvalue weighted by molar-refractivity contribution is -0.117. The Morgan fingerprint density at radius 1 is 1.29 bits per heavy atom. The van der Waals surface area contributed by atoms with Gasteiger partial charge in [0.25, 0.3) is 0 Å². The van der Waals surface area contributed by atoms with Crippen LogP contribution in [0.25, 0.3) is 0 Å². The number of ether oxygens (including phenoxy) is 2. The van der Waals surface area contributed by atoms with E-state index >= 15 is 0 Å². The fourth-order valence-corrected chi connectivity index (χ4v) is 2.73. The molecule has 0 aromatic heterocycles. The molecule has 3 aliphatic rings. The Kier molecular flexibility index (Phi) is 5.63. The van der Waals surface area contributed by atoms with Crippen molar-refractivity contribution in [2.75, 3.05) is 39.9 Å². The van der Waals surface area contributed by atoms with Crippen LogP contribution < -0.4 is 0 Å². The maximum absolute atomic E-state index is 10.7. The van der Waals surface area contributed by atoms with Gasteiger partial charge in [-0.25, -0.2) is 0 Å². The predicted octanol–water partition coefficient (Wildman–Crippen LogP) is 1.37. The van der Waals surface area contributed by atoms with E-state index in [1.54, 1.807) is 7.11 Å². The fraction of sp³-hybridized carbons (Fsp3) is 0.938. The number of carbonyl (C=O) groups is 1. The maximum Gasteiger partial charge on any atom is 0.209 e. The summed E-state index contributed by atoms with van der Waals surface area (Å²) in [5.74, 6) is 0.925. The maximum atomic E-state index is 10.7. The molecule has 2 heterocycles. The van der Waals surface area contributed by atoms with Crippen molar-refractivity contribution >= 4 is 6.41 Å². The third-order valence-corrected chi connectivity index (χ3v) is 4.40. The molecule has 0 radical (unpaired) electrons. The molecule has 2 saturated heterocycles. The van der Waals surface area contributed by atoms with Crippen molar-refractivity contribution in [3.63, 3.8) is 0 Å². The summed E-state index contributed by atoms with van der Waals surface area (Å²) in [5.41, 5.74) is 0.0417. The number of hydrogen-bond acceptors (Lipinski definition) is 4. The van der Waals surface area contributed by atoms with Crippen molar-refractivity contribution in [1.82, 2.24) is 9.80 Å². The quantitative estimate of drug-likeness (QED) is 0.738. The molecule has 0 aromatic carbocycles. The molecule has 122 valence electrons. The van der Waals surface area contributed by atoms with Gasteiger partial charge in [0, 0.05) is 33.3 Å². The van der Waals surface area contributed by atoms with Crippen LogP contribution in [0, 0.1) is 5.92 Å². The molecule has 2 unspecified atom stereocenters. The summed E-state index contributed by atoms with van der Waals surface area (Å²) >= 11 is 0. The molecular formula is C16H30N2O3. The summed E-state index contributed by atoms with van der Waals surface area (Å²) in [7, 11) is 1.71. The highest BCUT2D eigenvalue weighted by Crippen LogP contribution is 2.32. The molecule has 3 rings (SSSR count). The van der Waals surface area contributed by atoms with Gasteiger partial charge >= 0.3 is 0 Å². The van der Waals surface area contributed by atoms with Gasteiger partial charge in [-0.3, -0.25) is 9.69 Å². The lowest BCUT2D eigenvalue weighted by Gasteiger charge is -2.36. The average molecular weight is 298 g/mol. The van der Waals surface area contributed by atoms with Crippen LogP contribution in [-0.4, -0.2) is 73.9 Å². The highest BCUT2D eigenvalue weighted by molar-refractivity contribution is 5.48. The molecule has 21 heavy (non-hydrogen) atoms. The van der Waals surface area contributed by atoms with Gasteiger partial charge in [-0.15, -0.1) is 0 Å². The predicted molar refractivity (Wildman–Crippen MR) is 82.2 cm³/mol. The SMILES string of the molecule is COC(C)(C)C.O=CN1CC2OCCN(CC3CC3)C2C1. The average Bonchev–Trinajstić information content (AvgIpc) is 3.15. The second-order valence-electron chi connectivity index (χ2n) is 7.29. The molecule has 0 bridgehead atoms. The van der Waals surface area contributed by atoms with Gasteiger partial charge in [-0.05, 0) is 39.5 Å². The molecule has 0 spiro atoms. The first-order valence-corrected chi connectivity index (χ1v) is 8.03. The number of methoxy groups -OCH3 is 1. The summed E-state index contributed by atoms with van der Waals surface area (Å²) in [6, 6.07) is 0.463. The first-order chi connectivity index (χ1) is 9.93. The Labute approximate surface area is 128 Å². The summed E-state index contributed by atoms with van der Waals surface area (Å²) in [5, 5.41) is 0. The molecule has 5 heteroatoms. The number of carbonyl (C=O) groups excluding carboxylic acids is 1. The number of hydrogen-bond donors (Lipinski definition) is 0. The van der Waals surface area contributed by atoms with Crippen LogP contribution in [0.1, 0.15) is 33.6 Å². The van der Waals surface area contributed by atoms with Crippen molar-refractivity contribution in [2.24, 2.45) is 5.92 Å². The molecular weight excluding hydrogens is 268 g/mol. The Hall–Kier alpha value is -0.650. The zero-order chi connectivity index (χ0) is 15.5. The topological polar surface area (TPSA) is 42.0 Å². The van der Waals surface area contributed by atoms with Gasteiger partial charge in [-0.2, -0.15) is 0 Å². The van der Waals surface area contributed by atoms with Crippen LogP contribution in [0.2, 0.25) is 0 Å². The van der Waals surface area contributed by atoms with Crippen molar-refractivity contribution in [3.8, 4) is 0 Å². The van der Waals surface area contributed by atoms with Crippen LogP contribution in [0.4, 0.5) is 0 Å². The summed E-state index contributed by atoms with van der Waals surface area (Å²) in [6.45, 7) is 10.8. The Morgan fingerprint density at radius 2 is 1.95 bits per heavy atom. The van der Waals surface area contributed by atoms with E-state index in [0.29, 0.717) is 6.04 Å². The number of morpholine rings is 1. The van der Waals surface area contributed by atoms with Gasteiger partial charge in [0.05, 0.1) is 24.4 Å². The molecule has 5 nitrogen and oxygen atoms in total. The van der Waals surface area contributed by atoms with E-state index in [9.17, 15) is 4.79 Å². The lowest BCUT2D eigenvalue weighted by Crippen LogP contribution is -2.51. The van der Waals surface area contributed by atoms with Gasteiger partial charge < -0.3 is 14.4 Å². The fourth-order valence-electron chi connectivity index (χ4n) is 2.73. The molecule has 3 fully saturated rings. The summed E-state index contributed by atoms with van der Waals surface area (Å²) in [4.78, 5) is 15.1. The molecule has 2 atom stereocenters. The number of fused-ring (bicyclic) bond motifs is 1. The highest BCUT2D eigenvalue weighted by Gasteiger charge is 2.41. The minimum absolute atomic E-state index is 0.0417. The molecule has 1 saturated carbocycles. The van der Waals surface area contributed by atoms with Crippen molar-refractivity contribution < 1.29 is 14.3 Å². The Balaban J connectivity index is 0.000000232. The molecule has 1 amide bonds. The van der Waals surface area contributed by atoms with Gasteiger partial charge in [-0.1, -0.05) is 0 Å². The summed E-state index contributed by atoms with van der Waals surface area (Å²) < 4.78 is 10.7. The third kappa shape index (κ3) is 5.24. The largest absolute Gasteiger partial charge is 0.379 e. The van der Waals surface area contributed by atoms with Crippen molar-refractivity contribution in [1.29, 1.82) is 0 Å². The van der Waals surface area contributed by atoms with E-state index in [1.807, 2.05) is 25.7 Å². The Morgan fingerprint density at radius 3 is 2.48 bits per heavy atom. The zero-order valence-electron chi connectivity index (χ0n) is 13.9. The van der Waals surface area contributed by atoms with Crippen molar-refractivity contribution in [3.05, 3.63) is 0 Å². The van der Waals surface area contributed by atoms with E-state index in [4.69, 9.17) is 9.47 Å². The molecule has 0 N–H and O–H groups in total. The van der Waals surface area contributed by atoms with Crippen LogP contribution in [-0.2, 0) is 14.3 Å². The van der Waals surface area contributed by atoms with Crippen molar-refractivity contribution in [2.45, 2.75) is 51.4 Å². The van der Waals surface area contributed by atoms with E-state index in [1.165, 1.54) is 19.4 Å². The van der Waals surface area contributed by atoms with Gasteiger partial charge in [0.15, 0.2) is 0 Å². The first-order valence-electron chi connectivity index (χ1n) is 8.03.